The van der Waals surface area contributed by atoms with E-state index in [1.165, 1.54) is 0 Å². The minimum atomic E-state index is -0.624. The molecule has 0 unspecified atom stereocenters. The number of rotatable bonds is 10. The molecule has 2 N–H and O–H groups in total. The van der Waals surface area contributed by atoms with Crippen molar-refractivity contribution in [2.45, 2.75) is 64.2 Å². The number of carbonyl (C=O) groups is 3. The van der Waals surface area contributed by atoms with Gasteiger partial charge in [0.05, 0.1) is 12.5 Å². The zero-order valence-electron chi connectivity index (χ0n) is 16.4. The Morgan fingerprint density at radius 1 is 1.46 bits per heavy atom. The summed E-state index contributed by atoms with van der Waals surface area (Å²) in [5, 5.41) is 12.9. The number of hydroxylamine groups is 2. The van der Waals surface area contributed by atoms with Crippen LogP contribution in [0.3, 0.4) is 0 Å². The van der Waals surface area contributed by atoms with Gasteiger partial charge >= 0.3 is 0 Å². The molecule has 1 aliphatic rings. The Bertz CT molecular complexity index is 487. The Morgan fingerprint density at radius 2 is 2.15 bits per heavy atom. The van der Waals surface area contributed by atoms with Gasteiger partial charge < -0.3 is 10.2 Å². The molecule has 26 heavy (non-hydrogen) atoms. The minimum Gasteiger partial charge on any atom is -0.343 e. The Hall–Kier alpha value is -1.28. The third-order valence-corrected chi connectivity index (χ3v) is 6.04. The number of unbranched alkanes of at least 4 members (excludes halogenated alkanes) is 1. The van der Waals surface area contributed by atoms with E-state index in [2.05, 4.69) is 5.32 Å². The largest absolute Gasteiger partial charge is 0.343 e. The molecule has 8 heteroatoms. The standard InChI is InChI=1S/C18H33N3O4S/c1-5-7-8-14(12-21(25)13-22)16(23)19-15-17(24)20(9-6-2)10-11-26-18(15,3)4/h13-15,25H,5-12H2,1-4H3,(H,19,23)/t14-,15-/m1/s1. The smallest absolute Gasteiger partial charge is 0.246 e. The van der Waals surface area contributed by atoms with Crippen LogP contribution in [-0.2, 0) is 14.4 Å². The van der Waals surface area contributed by atoms with Crippen LogP contribution in [0, 0.1) is 5.92 Å². The van der Waals surface area contributed by atoms with Crippen LogP contribution in [0.2, 0.25) is 0 Å². The number of amides is 3. The molecule has 0 aromatic heterocycles. The highest BCUT2D eigenvalue weighted by molar-refractivity contribution is 8.00. The van der Waals surface area contributed by atoms with Crippen LogP contribution in [-0.4, -0.2) is 69.6 Å². The molecule has 0 aromatic carbocycles. The second-order valence-corrected chi connectivity index (χ2v) is 9.03. The summed E-state index contributed by atoms with van der Waals surface area (Å²) in [5.41, 5.74) is 0. The summed E-state index contributed by atoms with van der Waals surface area (Å²) in [6.07, 6.45) is 3.44. The Balaban J connectivity index is 2.94. The molecular weight excluding hydrogens is 354 g/mol. The van der Waals surface area contributed by atoms with Crippen molar-refractivity contribution in [2.75, 3.05) is 25.4 Å². The first-order valence-corrected chi connectivity index (χ1v) is 10.4. The van der Waals surface area contributed by atoms with E-state index in [1.807, 2.05) is 32.6 Å². The van der Waals surface area contributed by atoms with Crippen LogP contribution in [0.25, 0.3) is 0 Å². The van der Waals surface area contributed by atoms with Gasteiger partial charge in [-0.3, -0.25) is 19.6 Å². The maximum absolute atomic E-state index is 13.0. The first-order chi connectivity index (χ1) is 12.3. The van der Waals surface area contributed by atoms with Crippen molar-refractivity contribution in [3.05, 3.63) is 0 Å². The van der Waals surface area contributed by atoms with E-state index in [9.17, 15) is 19.6 Å². The second-order valence-electron chi connectivity index (χ2n) is 7.29. The SMILES string of the molecule is CCCC[C@H](CN(O)C=O)C(=O)N[C@@H]1C(=O)N(CCC)CCSC1(C)C. The van der Waals surface area contributed by atoms with E-state index in [0.717, 1.165) is 25.0 Å². The van der Waals surface area contributed by atoms with Crippen molar-refractivity contribution in [1.82, 2.24) is 15.3 Å². The Labute approximate surface area is 160 Å². The fraction of sp³-hybridized carbons (Fsp3) is 0.833. The molecule has 2 atom stereocenters. The van der Waals surface area contributed by atoms with E-state index in [-0.39, 0.29) is 18.4 Å². The number of carbonyl (C=O) groups excluding carboxylic acids is 3. The van der Waals surface area contributed by atoms with E-state index in [0.29, 0.717) is 31.0 Å². The summed E-state index contributed by atoms with van der Waals surface area (Å²) in [4.78, 5) is 38.4. The molecule has 0 aromatic rings. The zero-order chi connectivity index (χ0) is 19.7. The Kier molecular flexibility index (Phi) is 9.43. The second kappa shape index (κ2) is 10.8. The van der Waals surface area contributed by atoms with Crippen LogP contribution in [0.15, 0.2) is 0 Å². The van der Waals surface area contributed by atoms with Crippen molar-refractivity contribution in [2.24, 2.45) is 5.92 Å². The van der Waals surface area contributed by atoms with E-state index >= 15 is 0 Å². The summed E-state index contributed by atoms with van der Waals surface area (Å²) in [5.74, 6) is -0.0491. The van der Waals surface area contributed by atoms with Gasteiger partial charge in [-0.15, -0.1) is 0 Å². The molecule has 0 spiro atoms. The molecule has 1 saturated heterocycles. The molecule has 0 radical (unpaired) electrons. The molecule has 1 rings (SSSR count). The van der Waals surface area contributed by atoms with Gasteiger partial charge in [-0.05, 0) is 26.7 Å². The van der Waals surface area contributed by atoms with Crippen molar-refractivity contribution in [1.29, 1.82) is 0 Å². The maximum Gasteiger partial charge on any atom is 0.246 e. The zero-order valence-corrected chi connectivity index (χ0v) is 17.2. The third-order valence-electron chi connectivity index (χ3n) is 4.68. The molecule has 1 aliphatic heterocycles. The summed E-state index contributed by atoms with van der Waals surface area (Å²) in [6.45, 7) is 9.28. The molecule has 1 fully saturated rings. The van der Waals surface area contributed by atoms with Crippen LogP contribution in [0.1, 0.15) is 53.4 Å². The lowest BCUT2D eigenvalue weighted by Crippen LogP contribution is -2.57. The fourth-order valence-electron chi connectivity index (χ4n) is 3.10. The summed E-state index contributed by atoms with van der Waals surface area (Å²) in [7, 11) is 0. The van der Waals surface area contributed by atoms with E-state index < -0.39 is 16.7 Å². The summed E-state index contributed by atoms with van der Waals surface area (Å²) >= 11 is 1.68. The predicted octanol–water partition coefficient (Wildman–Crippen LogP) is 1.89. The average Bonchev–Trinajstić information content (AvgIpc) is 2.70. The predicted molar refractivity (Wildman–Crippen MR) is 103 cm³/mol. The lowest BCUT2D eigenvalue weighted by molar-refractivity contribution is -0.155. The number of hydrogen-bond acceptors (Lipinski definition) is 5. The van der Waals surface area contributed by atoms with Crippen LogP contribution < -0.4 is 5.32 Å². The third kappa shape index (κ3) is 6.46. The van der Waals surface area contributed by atoms with Crippen LogP contribution in [0.4, 0.5) is 0 Å². The lowest BCUT2D eigenvalue weighted by Gasteiger charge is -2.34. The minimum absolute atomic E-state index is 0.0549. The molecule has 1 heterocycles. The number of hydrogen-bond donors (Lipinski definition) is 2. The number of nitrogens with one attached hydrogen (secondary N) is 1. The van der Waals surface area contributed by atoms with Crippen LogP contribution >= 0.6 is 11.8 Å². The van der Waals surface area contributed by atoms with Gasteiger partial charge in [-0.2, -0.15) is 11.8 Å². The quantitative estimate of drug-likeness (QED) is 0.339. The maximum atomic E-state index is 13.0. The van der Waals surface area contributed by atoms with Crippen molar-refractivity contribution < 1.29 is 19.6 Å². The van der Waals surface area contributed by atoms with Gasteiger partial charge in [0.1, 0.15) is 6.04 Å². The highest BCUT2D eigenvalue weighted by Gasteiger charge is 2.42. The topological polar surface area (TPSA) is 90.0 Å². The first kappa shape index (κ1) is 22.8. The van der Waals surface area contributed by atoms with Crippen molar-refractivity contribution >= 4 is 30.0 Å². The molecule has 7 nitrogen and oxygen atoms in total. The number of thioether (sulfide) groups is 1. The summed E-state index contributed by atoms with van der Waals surface area (Å²) in [6, 6.07) is -0.624. The van der Waals surface area contributed by atoms with Gasteiger partial charge in [-0.1, -0.05) is 26.7 Å². The van der Waals surface area contributed by atoms with Crippen molar-refractivity contribution in [3.63, 3.8) is 0 Å². The molecule has 0 bridgehead atoms. The average molecular weight is 388 g/mol. The lowest BCUT2D eigenvalue weighted by atomic mass is 9.97. The van der Waals surface area contributed by atoms with Crippen molar-refractivity contribution in [3.8, 4) is 0 Å². The monoisotopic (exact) mass is 387 g/mol. The molecular formula is C18H33N3O4S. The Morgan fingerprint density at radius 3 is 2.73 bits per heavy atom. The highest BCUT2D eigenvalue weighted by atomic mass is 32.2. The molecule has 3 amide bonds. The fourth-order valence-corrected chi connectivity index (χ4v) is 4.27. The first-order valence-electron chi connectivity index (χ1n) is 9.40. The van der Waals surface area contributed by atoms with Gasteiger partial charge in [0, 0.05) is 23.6 Å². The summed E-state index contributed by atoms with van der Waals surface area (Å²) < 4.78 is -0.423. The van der Waals surface area contributed by atoms with Gasteiger partial charge in [-0.25, -0.2) is 5.06 Å². The van der Waals surface area contributed by atoms with Crippen LogP contribution in [0.5, 0.6) is 0 Å². The van der Waals surface area contributed by atoms with E-state index in [1.54, 1.807) is 11.8 Å². The molecule has 0 aliphatic carbocycles. The number of nitrogens with zero attached hydrogens (tertiary/aromatic N) is 2. The van der Waals surface area contributed by atoms with Gasteiger partial charge in [0.15, 0.2) is 0 Å². The van der Waals surface area contributed by atoms with E-state index in [4.69, 9.17) is 0 Å². The molecule has 150 valence electrons. The van der Waals surface area contributed by atoms with Gasteiger partial charge in [0.25, 0.3) is 0 Å². The normalized spacial score (nSPS) is 21.0. The highest BCUT2D eigenvalue weighted by Crippen LogP contribution is 2.32. The molecule has 0 saturated carbocycles. The van der Waals surface area contributed by atoms with Gasteiger partial charge in [0.2, 0.25) is 18.2 Å².